The SMILES string of the molecule is Clc1ccc2nc(CCNC3CC3)n(C3CC3)c2c1. The fourth-order valence-electron chi connectivity index (χ4n) is 2.71. The van der Waals surface area contributed by atoms with Gasteiger partial charge >= 0.3 is 0 Å². The van der Waals surface area contributed by atoms with Crippen LogP contribution in [0.5, 0.6) is 0 Å². The van der Waals surface area contributed by atoms with Crippen molar-refractivity contribution in [3.05, 3.63) is 29.0 Å². The molecular weight excluding hydrogens is 258 g/mol. The van der Waals surface area contributed by atoms with Gasteiger partial charge in [-0.15, -0.1) is 0 Å². The zero-order valence-corrected chi connectivity index (χ0v) is 11.7. The second-order valence-electron chi connectivity index (χ2n) is 5.74. The molecule has 1 aromatic heterocycles. The number of benzene rings is 1. The van der Waals surface area contributed by atoms with Crippen molar-refractivity contribution < 1.29 is 0 Å². The fourth-order valence-corrected chi connectivity index (χ4v) is 2.87. The third-order valence-electron chi connectivity index (χ3n) is 4.00. The van der Waals surface area contributed by atoms with Crippen LogP contribution < -0.4 is 5.32 Å². The van der Waals surface area contributed by atoms with Gasteiger partial charge in [-0.1, -0.05) is 11.6 Å². The van der Waals surface area contributed by atoms with E-state index in [0.717, 1.165) is 29.5 Å². The van der Waals surface area contributed by atoms with Crippen LogP contribution in [-0.2, 0) is 6.42 Å². The van der Waals surface area contributed by atoms with E-state index in [1.165, 1.54) is 37.0 Å². The van der Waals surface area contributed by atoms with E-state index in [9.17, 15) is 0 Å². The minimum atomic E-state index is 0.652. The first-order valence-corrected chi connectivity index (χ1v) is 7.59. The molecule has 2 aliphatic carbocycles. The smallest absolute Gasteiger partial charge is 0.111 e. The normalized spacial score (nSPS) is 19.2. The summed E-state index contributed by atoms with van der Waals surface area (Å²) in [6.07, 6.45) is 6.25. The molecule has 0 bridgehead atoms. The lowest BCUT2D eigenvalue weighted by atomic mass is 10.3. The van der Waals surface area contributed by atoms with E-state index in [4.69, 9.17) is 16.6 Å². The highest BCUT2D eigenvalue weighted by Crippen LogP contribution is 2.39. The van der Waals surface area contributed by atoms with Gasteiger partial charge in [0, 0.05) is 30.1 Å². The first kappa shape index (κ1) is 11.7. The summed E-state index contributed by atoms with van der Waals surface area (Å²) in [5.74, 6) is 1.22. The van der Waals surface area contributed by atoms with Crippen molar-refractivity contribution in [3.63, 3.8) is 0 Å². The lowest BCUT2D eigenvalue weighted by Crippen LogP contribution is -2.20. The highest BCUT2D eigenvalue weighted by molar-refractivity contribution is 6.31. The number of halogens is 1. The van der Waals surface area contributed by atoms with Gasteiger partial charge in [-0.2, -0.15) is 0 Å². The van der Waals surface area contributed by atoms with E-state index in [1.54, 1.807) is 0 Å². The standard InChI is InChI=1S/C15H18ClN3/c16-10-1-6-13-14(9-10)19(12-4-5-12)15(18-13)7-8-17-11-2-3-11/h1,6,9,11-12,17H,2-5,7-8H2. The van der Waals surface area contributed by atoms with E-state index >= 15 is 0 Å². The van der Waals surface area contributed by atoms with Crippen molar-refractivity contribution in [2.24, 2.45) is 0 Å². The van der Waals surface area contributed by atoms with E-state index in [-0.39, 0.29) is 0 Å². The maximum atomic E-state index is 6.13. The van der Waals surface area contributed by atoms with Crippen LogP contribution >= 0.6 is 11.6 Å². The van der Waals surface area contributed by atoms with Gasteiger partial charge in [-0.05, 0) is 43.9 Å². The molecule has 2 saturated carbocycles. The van der Waals surface area contributed by atoms with Gasteiger partial charge in [0.15, 0.2) is 0 Å². The minimum Gasteiger partial charge on any atom is -0.325 e. The molecule has 1 N–H and O–H groups in total. The Morgan fingerprint density at radius 1 is 1.26 bits per heavy atom. The zero-order valence-electron chi connectivity index (χ0n) is 10.9. The van der Waals surface area contributed by atoms with E-state index in [1.807, 2.05) is 12.1 Å². The molecule has 0 spiro atoms. The number of hydrogen-bond donors (Lipinski definition) is 1. The van der Waals surface area contributed by atoms with Gasteiger partial charge in [0.1, 0.15) is 5.82 Å². The molecule has 3 nitrogen and oxygen atoms in total. The van der Waals surface area contributed by atoms with Crippen molar-refractivity contribution in [2.75, 3.05) is 6.54 Å². The van der Waals surface area contributed by atoms with Crippen LogP contribution in [0.15, 0.2) is 18.2 Å². The van der Waals surface area contributed by atoms with Crippen LogP contribution in [0.1, 0.15) is 37.5 Å². The Hall–Kier alpha value is -1.06. The first-order chi connectivity index (χ1) is 9.31. The second kappa shape index (κ2) is 4.50. The Labute approximate surface area is 118 Å². The number of nitrogens with one attached hydrogen (secondary N) is 1. The number of fused-ring (bicyclic) bond motifs is 1. The maximum Gasteiger partial charge on any atom is 0.111 e. The Balaban J connectivity index is 1.65. The van der Waals surface area contributed by atoms with Crippen LogP contribution in [0.2, 0.25) is 5.02 Å². The molecule has 2 fully saturated rings. The molecule has 4 rings (SSSR count). The monoisotopic (exact) mass is 275 g/mol. The minimum absolute atomic E-state index is 0.652. The van der Waals surface area contributed by atoms with Crippen LogP contribution in [-0.4, -0.2) is 22.1 Å². The largest absolute Gasteiger partial charge is 0.325 e. The van der Waals surface area contributed by atoms with Crippen molar-refractivity contribution in [1.82, 2.24) is 14.9 Å². The average molecular weight is 276 g/mol. The summed E-state index contributed by atoms with van der Waals surface area (Å²) < 4.78 is 2.41. The van der Waals surface area contributed by atoms with Gasteiger partial charge in [0.2, 0.25) is 0 Å². The van der Waals surface area contributed by atoms with Crippen LogP contribution in [0.4, 0.5) is 0 Å². The van der Waals surface area contributed by atoms with E-state index < -0.39 is 0 Å². The third-order valence-corrected chi connectivity index (χ3v) is 4.23. The second-order valence-corrected chi connectivity index (χ2v) is 6.18. The quantitative estimate of drug-likeness (QED) is 0.907. The molecule has 0 unspecified atom stereocenters. The maximum absolute atomic E-state index is 6.13. The van der Waals surface area contributed by atoms with Gasteiger partial charge in [-0.3, -0.25) is 0 Å². The Kier molecular flexibility index (Phi) is 2.78. The molecule has 2 aliphatic rings. The number of nitrogens with zero attached hydrogens (tertiary/aromatic N) is 2. The molecular formula is C15H18ClN3. The molecule has 0 aliphatic heterocycles. The molecule has 2 aromatic rings. The highest BCUT2D eigenvalue weighted by Gasteiger charge is 2.28. The van der Waals surface area contributed by atoms with Gasteiger partial charge in [0.25, 0.3) is 0 Å². The average Bonchev–Trinajstić information content (AvgIpc) is 3.28. The summed E-state index contributed by atoms with van der Waals surface area (Å²) in [4.78, 5) is 4.80. The summed E-state index contributed by atoms with van der Waals surface area (Å²) in [5, 5.41) is 4.37. The Bertz CT molecular complexity index is 611. The lowest BCUT2D eigenvalue weighted by Gasteiger charge is -2.08. The first-order valence-electron chi connectivity index (χ1n) is 7.21. The van der Waals surface area contributed by atoms with Crippen molar-refractivity contribution in [3.8, 4) is 0 Å². The van der Waals surface area contributed by atoms with E-state index in [2.05, 4.69) is 16.0 Å². The zero-order chi connectivity index (χ0) is 12.8. The Morgan fingerprint density at radius 2 is 2.11 bits per heavy atom. The number of rotatable bonds is 5. The van der Waals surface area contributed by atoms with Crippen LogP contribution in [0, 0.1) is 0 Å². The molecule has 1 aromatic carbocycles. The lowest BCUT2D eigenvalue weighted by molar-refractivity contribution is 0.631. The van der Waals surface area contributed by atoms with Crippen molar-refractivity contribution >= 4 is 22.6 Å². The summed E-state index contributed by atoms with van der Waals surface area (Å²) in [6.45, 7) is 1.04. The van der Waals surface area contributed by atoms with Gasteiger partial charge < -0.3 is 9.88 Å². The molecule has 0 radical (unpaired) electrons. The summed E-state index contributed by atoms with van der Waals surface area (Å²) in [5.41, 5.74) is 2.29. The third kappa shape index (κ3) is 2.37. The molecule has 0 amide bonds. The van der Waals surface area contributed by atoms with Crippen LogP contribution in [0.3, 0.4) is 0 Å². The molecule has 4 heteroatoms. The number of imidazole rings is 1. The summed E-state index contributed by atoms with van der Waals surface area (Å²) in [6, 6.07) is 7.45. The van der Waals surface area contributed by atoms with E-state index in [0.29, 0.717) is 6.04 Å². The predicted molar refractivity (Wildman–Crippen MR) is 77.7 cm³/mol. The van der Waals surface area contributed by atoms with Crippen LogP contribution in [0.25, 0.3) is 11.0 Å². The molecule has 100 valence electrons. The van der Waals surface area contributed by atoms with Crippen molar-refractivity contribution in [2.45, 2.75) is 44.2 Å². The number of aromatic nitrogens is 2. The molecule has 1 heterocycles. The summed E-state index contributed by atoms with van der Waals surface area (Å²) in [7, 11) is 0. The molecule has 0 saturated heterocycles. The van der Waals surface area contributed by atoms with Gasteiger partial charge in [-0.25, -0.2) is 4.98 Å². The predicted octanol–water partition coefficient (Wildman–Crippen LogP) is 3.32. The van der Waals surface area contributed by atoms with Gasteiger partial charge in [0.05, 0.1) is 11.0 Å². The topological polar surface area (TPSA) is 29.9 Å². The highest BCUT2D eigenvalue weighted by atomic mass is 35.5. The number of hydrogen-bond acceptors (Lipinski definition) is 2. The fraction of sp³-hybridized carbons (Fsp3) is 0.533. The van der Waals surface area contributed by atoms with Crippen molar-refractivity contribution in [1.29, 1.82) is 0 Å². The molecule has 0 atom stereocenters. The summed E-state index contributed by atoms with van der Waals surface area (Å²) >= 11 is 6.13. The molecule has 19 heavy (non-hydrogen) atoms. The Morgan fingerprint density at radius 3 is 2.84 bits per heavy atom.